The molecule has 0 spiro atoms. The molecule has 0 amide bonds. The molecule has 1 heterocycles. The number of rotatable bonds is 6. The van der Waals surface area contributed by atoms with Crippen LogP contribution in [0.4, 0.5) is 0 Å². The Hall–Kier alpha value is -1.44. The maximum absolute atomic E-state index is 12.9. The van der Waals surface area contributed by atoms with E-state index in [1.807, 2.05) is 0 Å². The maximum Gasteiger partial charge on any atom is 0.338 e. The van der Waals surface area contributed by atoms with Gasteiger partial charge in [-0.25, -0.2) is 13.2 Å². The first kappa shape index (κ1) is 18.4. The standard InChI is InChI=1S/C18H26N2O4S/c1-13-11-16(5-6-17(13)18(21)24-2)25(22,23)20-9-7-15(8-10-20)19-12-14-3-4-14/h5-6,11,14-15,19H,3-4,7-10,12H2,1-2H3. The van der Waals surface area contributed by atoms with Gasteiger partial charge in [-0.3, -0.25) is 0 Å². The third-order valence-electron chi connectivity index (χ3n) is 5.09. The smallest absolute Gasteiger partial charge is 0.338 e. The van der Waals surface area contributed by atoms with Crippen LogP contribution in [-0.4, -0.2) is 51.5 Å². The molecule has 1 aliphatic carbocycles. The van der Waals surface area contributed by atoms with E-state index in [0.717, 1.165) is 25.3 Å². The third kappa shape index (κ3) is 4.22. The second-order valence-electron chi connectivity index (χ2n) is 7.00. The summed E-state index contributed by atoms with van der Waals surface area (Å²) in [6, 6.07) is 4.98. The van der Waals surface area contributed by atoms with Crippen molar-refractivity contribution in [2.45, 2.75) is 43.5 Å². The summed E-state index contributed by atoms with van der Waals surface area (Å²) in [7, 11) is -2.21. The van der Waals surface area contributed by atoms with Crippen LogP contribution in [-0.2, 0) is 14.8 Å². The van der Waals surface area contributed by atoms with Crippen LogP contribution >= 0.6 is 0 Å². The van der Waals surface area contributed by atoms with Gasteiger partial charge in [0.2, 0.25) is 10.0 Å². The Morgan fingerprint density at radius 3 is 2.48 bits per heavy atom. The minimum absolute atomic E-state index is 0.238. The molecule has 1 N–H and O–H groups in total. The van der Waals surface area contributed by atoms with Gasteiger partial charge >= 0.3 is 5.97 Å². The van der Waals surface area contributed by atoms with Crippen LogP contribution in [0, 0.1) is 12.8 Å². The first-order chi connectivity index (χ1) is 11.9. The summed E-state index contributed by atoms with van der Waals surface area (Å²) in [6.45, 7) is 3.84. The number of hydrogen-bond donors (Lipinski definition) is 1. The largest absolute Gasteiger partial charge is 0.465 e. The van der Waals surface area contributed by atoms with Crippen molar-refractivity contribution in [1.29, 1.82) is 0 Å². The van der Waals surface area contributed by atoms with Crippen LogP contribution in [0.5, 0.6) is 0 Å². The SMILES string of the molecule is COC(=O)c1ccc(S(=O)(=O)N2CCC(NCC3CC3)CC2)cc1C. The molecule has 0 radical (unpaired) electrons. The lowest BCUT2D eigenvalue weighted by Crippen LogP contribution is -2.45. The normalized spacial score (nSPS) is 19.8. The number of nitrogens with zero attached hydrogens (tertiary/aromatic N) is 1. The zero-order valence-electron chi connectivity index (χ0n) is 14.8. The highest BCUT2D eigenvalue weighted by molar-refractivity contribution is 7.89. The topological polar surface area (TPSA) is 75.7 Å². The highest BCUT2D eigenvalue weighted by atomic mass is 32.2. The number of ether oxygens (including phenoxy) is 1. The summed E-state index contributed by atoms with van der Waals surface area (Å²) >= 11 is 0. The Morgan fingerprint density at radius 1 is 1.24 bits per heavy atom. The van der Waals surface area contributed by atoms with Crippen LogP contribution < -0.4 is 5.32 Å². The fourth-order valence-electron chi connectivity index (χ4n) is 3.24. The number of carbonyl (C=O) groups excluding carboxylic acids is 1. The van der Waals surface area contributed by atoms with E-state index < -0.39 is 16.0 Å². The number of hydrogen-bond acceptors (Lipinski definition) is 5. The van der Waals surface area contributed by atoms with Gasteiger partial charge in [0.25, 0.3) is 0 Å². The van der Waals surface area contributed by atoms with E-state index in [9.17, 15) is 13.2 Å². The van der Waals surface area contributed by atoms with E-state index in [2.05, 4.69) is 5.32 Å². The van der Waals surface area contributed by atoms with E-state index in [-0.39, 0.29) is 4.90 Å². The van der Waals surface area contributed by atoms with Crippen LogP contribution in [0.3, 0.4) is 0 Å². The van der Waals surface area contributed by atoms with Crippen LogP contribution in [0.1, 0.15) is 41.6 Å². The Bertz CT molecular complexity index is 735. The molecule has 1 aromatic rings. The Labute approximate surface area is 149 Å². The van der Waals surface area contributed by atoms with E-state index in [1.54, 1.807) is 17.3 Å². The Morgan fingerprint density at radius 2 is 1.92 bits per heavy atom. The van der Waals surface area contributed by atoms with Crippen molar-refractivity contribution < 1.29 is 17.9 Å². The second kappa shape index (κ2) is 7.43. The van der Waals surface area contributed by atoms with Crippen molar-refractivity contribution in [3.63, 3.8) is 0 Å². The van der Waals surface area contributed by atoms with Crippen molar-refractivity contribution in [3.8, 4) is 0 Å². The van der Waals surface area contributed by atoms with E-state index >= 15 is 0 Å². The first-order valence-corrected chi connectivity index (χ1v) is 10.3. The molecule has 0 unspecified atom stereocenters. The van der Waals surface area contributed by atoms with Gasteiger partial charge in [-0.1, -0.05) is 0 Å². The summed E-state index contributed by atoms with van der Waals surface area (Å²) in [4.78, 5) is 11.9. The minimum atomic E-state index is -3.52. The Balaban J connectivity index is 1.65. The van der Waals surface area contributed by atoms with E-state index in [0.29, 0.717) is 30.3 Å². The molecular weight excluding hydrogens is 340 g/mol. The Kier molecular flexibility index (Phi) is 5.46. The molecule has 1 saturated carbocycles. The van der Waals surface area contributed by atoms with Gasteiger partial charge < -0.3 is 10.1 Å². The monoisotopic (exact) mass is 366 g/mol. The van der Waals surface area contributed by atoms with Gasteiger partial charge in [0.05, 0.1) is 17.6 Å². The predicted octanol–water partition coefficient (Wildman–Crippen LogP) is 1.93. The molecular formula is C18H26N2O4S. The molecule has 2 fully saturated rings. The molecule has 2 aliphatic rings. The molecule has 3 rings (SSSR count). The lowest BCUT2D eigenvalue weighted by Gasteiger charge is -2.32. The summed E-state index contributed by atoms with van der Waals surface area (Å²) < 4.78 is 32.0. The summed E-state index contributed by atoms with van der Waals surface area (Å²) in [6.07, 6.45) is 4.32. The van der Waals surface area contributed by atoms with Gasteiger partial charge in [-0.2, -0.15) is 4.31 Å². The van der Waals surface area contributed by atoms with Crippen molar-refractivity contribution in [1.82, 2.24) is 9.62 Å². The summed E-state index contributed by atoms with van der Waals surface area (Å²) in [5.41, 5.74) is 0.998. The second-order valence-corrected chi connectivity index (χ2v) is 8.94. The zero-order chi connectivity index (χ0) is 18.0. The number of methoxy groups -OCH3 is 1. The number of nitrogens with one attached hydrogen (secondary N) is 1. The highest BCUT2D eigenvalue weighted by Gasteiger charge is 2.30. The van der Waals surface area contributed by atoms with Gasteiger partial charge in [0.15, 0.2) is 0 Å². The highest BCUT2D eigenvalue weighted by Crippen LogP contribution is 2.28. The molecule has 0 aromatic heterocycles. The number of carbonyl (C=O) groups is 1. The van der Waals surface area contributed by atoms with Crippen LogP contribution in [0.2, 0.25) is 0 Å². The molecule has 1 aliphatic heterocycles. The van der Waals surface area contributed by atoms with Crippen molar-refractivity contribution in [2.75, 3.05) is 26.7 Å². The zero-order valence-corrected chi connectivity index (χ0v) is 15.6. The van der Waals surface area contributed by atoms with Gasteiger partial charge in [0, 0.05) is 19.1 Å². The molecule has 7 heteroatoms. The van der Waals surface area contributed by atoms with Gasteiger partial charge in [-0.15, -0.1) is 0 Å². The molecule has 25 heavy (non-hydrogen) atoms. The van der Waals surface area contributed by atoms with E-state index in [1.165, 1.54) is 32.1 Å². The molecule has 0 atom stereocenters. The number of piperidine rings is 1. The lowest BCUT2D eigenvalue weighted by atomic mass is 10.1. The first-order valence-electron chi connectivity index (χ1n) is 8.84. The quantitative estimate of drug-likeness (QED) is 0.779. The van der Waals surface area contributed by atoms with Crippen LogP contribution in [0.15, 0.2) is 23.1 Å². The number of sulfonamides is 1. The predicted molar refractivity (Wildman–Crippen MR) is 95.0 cm³/mol. The fraction of sp³-hybridized carbons (Fsp3) is 0.611. The van der Waals surface area contributed by atoms with Crippen molar-refractivity contribution in [3.05, 3.63) is 29.3 Å². The average Bonchev–Trinajstić information content (AvgIpc) is 3.44. The van der Waals surface area contributed by atoms with Crippen molar-refractivity contribution >= 4 is 16.0 Å². The van der Waals surface area contributed by atoms with Gasteiger partial charge in [0.1, 0.15) is 0 Å². The lowest BCUT2D eigenvalue weighted by molar-refractivity contribution is 0.0600. The molecule has 0 bridgehead atoms. The number of benzene rings is 1. The molecule has 6 nitrogen and oxygen atoms in total. The van der Waals surface area contributed by atoms with E-state index in [4.69, 9.17) is 4.74 Å². The molecule has 138 valence electrons. The number of esters is 1. The molecule has 1 aromatic carbocycles. The fourth-order valence-corrected chi connectivity index (χ4v) is 4.80. The summed E-state index contributed by atoms with van der Waals surface area (Å²) in [5, 5.41) is 3.56. The number of aryl methyl sites for hydroxylation is 1. The van der Waals surface area contributed by atoms with Gasteiger partial charge in [-0.05, 0) is 68.8 Å². The minimum Gasteiger partial charge on any atom is -0.465 e. The molecule has 1 saturated heterocycles. The maximum atomic E-state index is 12.9. The third-order valence-corrected chi connectivity index (χ3v) is 6.98. The average molecular weight is 366 g/mol. The van der Waals surface area contributed by atoms with Crippen LogP contribution in [0.25, 0.3) is 0 Å². The summed E-state index contributed by atoms with van der Waals surface area (Å²) in [5.74, 6) is 0.377. The van der Waals surface area contributed by atoms with Crippen molar-refractivity contribution in [2.24, 2.45) is 5.92 Å².